The van der Waals surface area contributed by atoms with Gasteiger partial charge in [0.15, 0.2) is 0 Å². The summed E-state index contributed by atoms with van der Waals surface area (Å²) in [4.78, 5) is 4.59. The van der Waals surface area contributed by atoms with Crippen molar-refractivity contribution in [3.63, 3.8) is 0 Å². The normalized spacial score (nSPS) is 11.8. The van der Waals surface area contributed by atoms with Crippen LogP contribution in [0.2, 0.25) is 0 Å². The molecule has 0 aliphatic carbocycles. The molecule has 0 N–H and O–H groups in total. The third-order valence-electron chi connectivity index (χ3n) is 5.08. The van der Waals surface area contributed by atoms with Crippen LogP contribution in [-0.4, -0.2) is 9.38 Å². The van der Waals surface area contributed by atoms with Gasteiger partial charge in [-0.05, 0) is 27.8 Å². The summed E-state index contributed by atoms with van der Waals surface area (Å²) in [6, 6.07) is 14.8. The zero-order valence-corrected chi connectivity index (χ0v) is 23.1. The van der Waals surface area contributed by atoms with Gasteiger partial charge in [-0.3, -0.25) is 4.98 Å². The van der Waals surface area contributed by atoms with Crippen molar-refractivity contribution in [1.29, 1.82) is 0 Å². The molecule has 2 aromatic carbocycles. The van der Waals surface area contributed by atoms with Crippen molar-refractivity contribution >= 4 is 27.3 Å². The number of nitrogens with zero attached hydrogens (tertiary/aromatic N) is 2. The molecule has 2 heterocycles. The van der Waals surface area contributed by atoms with Gasteiger partial charge in [-0.15, -0.1) is 29.1 Å². The SMILES string of the molecule is CC(C)(C)c1c[c-]c2c(c1)c1cc(C(C)(C)C)ccc1n1ccnc21.[CH3-].[Ir].[Y]. The molecule has 0 unspecified atom stereocenters. The molecule has 0 spiro atoms. The second kappa shape index (κ2) is 8.64. The number of hydrogen-bond donors (Lipinski definition) is 0. The summed E-state index contributed by atoms with van der Waals surface area (Å²) < 4.78 is 2.18. The van der Waals surface area contributed by atoms with Gasteiger partial charge in [0, 0.05) is 70.7 Å². The van der Waals surface area contributed by atoms with Gasteiger partial charge in [0.1, 0.15) is 0 Å². The standard InChI is InChI=1S/C23H25N2.CH3.Ir.Y/c1-22(2,3)15-7-9-17-18(13-15)19-14-16(23(4,5)6)8-10-20(19)25-12-11-24-21(17)25;;;/h7-8,10-14H,1-6H3;1H3;;/q2*-1;;. The smallest absolute Gasteiger partial charge is 0.0608 e. The Balaban J connectivity index is 0.00000131. The third kappa shape index (κ3) is 4.29. The number of rotatable bonds is 0. The Bertz CT molecular complexity index is 1030. The molecular weight excluding hydrogens is 597 g/mol. The van der Waals surface area contributed by atoms with E-state index in [1.165, 1.54) is 27.4 Å². The molecule has 4 heteroatoms. The van der Waals surface area contributed by atoms with Gasteiger partial charge in [0.2, 0.25) is 0 Å². The molecule has 4 rings (SSSR count). The van der Waals surface area contributed by atoms with E-state index in [4.69, 9.17) is 0 Å². The van der Waals surface area contributed by atoms with Crippen molar-refractivity contribution in [1.82, 2.24) is 9.38 Å². The number of fused-ring (bicyclic) bond motifs is 6. The number of pyridine rings is 1. The molecule has 0 atom stereocenters. The topological polar surface area (TPSA) is 17.3 Å². The van der Waals surface area contributed by atoms with Crippen LogP contribution < -0.4 is 0 Å². The van der Waals surface area contributed by atoms with Gasteiger partial charge in [-0.2, -0.15) is 0 Å². The van der Waals surface area contributed by atoms with E-state index in [2.05, 4.69) is 87.3 Å². The molecule has 2 nitrogen and oxygen atoms in total. The molecule has 4 aromatic rings. The molecule has 28 heavy (non-hydrogen) atoms. The van der Waals surface area contributed by atoms with Crippen molar-refractivity contribution < 1.29 is 52.8 Å². The van der Waals surface area contributed by atoms with Crippen LogP contribution in [0.1, 0.15) is 52.7 Å². The van der Waals surface area contributed by atoms with Crippen molar-refractivity contribution in [2.75, 3.05) is 0 Å². The zero-order valence-electron chi connectivity index (χ0n) is 17.8. The maximum absolute atomic E-state index is 4.59. The van der Waals surface area contributed by atoms with Gasteiger partial charge in [0.25, 0.3) is 0 Å². The monoisotopic (exact) mass is 626 g/mol. The van der Waals surface area contributed by atoms with Crippen LogP contribution in [0.25, 0.3) is 27.3 Å². The number of imidazole rings is 1. The Morgan fingerprint density at radius 2 is 1.50 bits per heavy atom. The zero-order chi connectivity index (χ0) is 18.0. The maximum atomic E-state index is 4.59. The van der Waals surface area contributed by atoms with E-state index in [-0.39, 0.29) is 71.1 Å². The average Bonchev–Trinajstić information content (AvgIpc) is 3.02. The van der Waals surface area contributed by atoms with E-state index in [0.29, 0.717) is 0 Å². The Hall–Kier alpha value is -0.597. The number of hydrogen-bond acceptors (Lipinski definition) is 1. The Labute approximate surface area is 207 Å². The molecular formula is C24H28IrN2Y-2. The summed E-state index contributed by atoms with van der Waals surface area (Å²) in [7, 11) is 0. The van der Waals surface area contributed by atoms with Crippen LogP contribution in [-0.2, 0) is 63.6 Å². The Morgan fingerprint density at radius 3 is 2.11 bits per heavy atom. The second-order valence-electron chi connectivity index (χ2n) is 9.03. The molecule has 0 saturated heterocycles. The van der Waals surface area contributed by atoms with Crippen LogP contribution in [0, 0.1) is 13.5 Å². The van der Waals surface area contributed by atoms with Crippen molar-refractivity contribution in [2.45, 2.75) is 52.4 Å². The van der Waals surface area contributed by atoms with E-state index in [1.807, 2.05) is 12.4 Å². The van der Waals surface area contributed by atoms with Crippen LogP contribution in [0.4, 0.5) is 0 Å². The molecule has 148 valence electrons. The number of aromatic nitrogens is 2. The minimum absolute atomic E-state index is 0. The van der Waals surface area contributed by atoms with Gasteiger partial charge in [-0.25, -0.2) is 0 Å². The summed E-state index contributed by atoms with van der Waals surface area (Å²) >= 11 is 0. The third-order valence-corrected chi connectivity index (χ3v) is 5.08. The molecule has 2 radical (unpaired) electrons. The molecule has 0 saturated carbocycles. The fourth-order valence-electron chi connectivity index (χ4n) is 3.44. The van der Waals surface area contributed by atoms with Crippen LogP contribution >= 0.6 is 0 Å². The molecule has 0 aliphatic rings. The largest absolute Gasteiger partial charge is 0.358 e. The van der Waals surface area contributed by atoms with Gasteiger partial charge in [0.05, 0.1) is 5.65 Å². The van der Waals surface area contributed by atoms with E-state index in [0.717, 1.165) is 11.0 Å². The second-order valence-corrected chi connectivity index (χ2v) is 9.03. The first kappa shape index (κ1) is 25.4. The Kier molecular flexibility index (Phi) is 7.85. The van der Waals surface area contributed by atoms with E-state index >= 15 is 0 Å². The predicted octanol–water partition coefficient (Wildman–Crippen LogP) is 6.48. The molecule has 0 aliphatic heterocycles. The van der Waals surface area contributed by atoms with Gasteiger partial charge in [-0.1, -0.05) is 59.1 Å². The predicted molar refractivity (Wildman–Crippen MR) is 113 cm³/mol. The fourth-order valence-corrected chi connectivity index (χ4v) is 3.44. The van der Waals surface area contributed by atoms with E-state index in [9.17, 15) is 0 Å². The van der Waals surface area contributed by atoms with Crippen molar-refractivity contribution in [3.8, 4) is 0 Å². The van der Waals surface area contributed by atoms with Gasteiger partial charge >= 0.3 is 0 Å². The van der Waals surface area contributed by atoms with E-state index in [1.54, 1.807) is 0 Å². The minimum Gasteiger partial charge on any atom is -0.358 e. The molecule has 0 amide bonds. The first-order chi connectivity index (χ1) is 11.7. The first-order valence-electron chi connectivity index (χ1n) is 8.91. The van der Waals surface area contributed by atoms with Gasteiger partial charge < -0.3 is 11.8 Å². The molecule has 2 aromatic heterocycles. The summed E-state index contributed by atoms with van der Waals surface area (Å²) in [5.41, 5.74) is 5.05. The van der Waals surface area contributed by atoms with Crippen LogP contribution in [0.3, 0.4) is 0 Å². The summed E-state index contributed by atoms with van der Waals surface area (Å²) in [6.45, 7) is 13.5. The maximum Gasteiger partial charge on any atom is 0.0608 e. The van der Waals surface area contributed by atoms with Crippen molar-refractivity contribution in [3.05, 3.63) is 67.3 Å². The summed E-state index contributed by atoms with van der Waals surface area (Å²) in [5.74, 6) is 0. The number of benzene rings is 2. The summed E-state index contributed by atoms with van der Waals surface area (Å²) in [6.07, 6.45) is 3.91. The quantitative estimate of drug-likeness (QED) is 0.162. The van der Waals surface area contributed by atoms with Crippen LogP contribution in [0.15, 0.2) is 42.7 Å². The molecule has 0 bridgehead atoms. The fraction of sp³-hybridized carbons (Fsp3) is 0.333. The first-order valence-corrected chi connectivity index (χ1v) is 8.91. The molecule has 0 fully saturated rings. The van der Waals surface area contributed by atoms with E-state index < -0.39 is 0 Å². The average molecular weight is 626 g/mol. The summed E-state index contributed by atoms with van der Waals surface area (Å²) in [5, 5.41) is 3.61. The Morgan fingerprint density at radius 1 is 0.893 bits per heavy atom. The minimum atomic E-state index is 0. The van der Waals surface area contributed by atoms with Crippen molar-refractivity contribution in [2.24, 2.45) is 0 Å². The van der Waals surface area contributed by atoms with Crippen LogP contribution in [0.5, 0.6) is 0 Å².